The molecule has 2 rings (SSSR count). The summed E-state index contributed by atoms with van der Waals surface area (Å²) >= 11 is 5.51. The van der Waals surface area contributed by atoms with Gasteiger partial charge in [0.2, 0.25) is 5.89 Å². The number of benzene rings is 1. The third-order valence-corrected chi connectivity index (χ3v) is 1.94. The van der Waals surface area contributed by atoms with Crippen LogP contribution in [0, 0.1) is 0 Å². The molecule has 0 radical (unpaired) electrons. The van der Waals surface area contributed by atoms with Crippen LogP contribution in [0.4, 0.5) is 0 Å². The Morgan fingerprint density at radius 1 is 1.29 bits per heavy atom. The number of phenolic OH excluding ortho intramolecular Hbond substituents is 1. The minimum Gasteiger partial charge on any atom is -0.507 e. The van der Waals surface area contributed by atoms with Crippen molar-refractivity contribution in [1.29, 1.82) is 0 Å². The van der Waals surface area contributed by atoms with Gasteiger partial charge >= 0.3 is 0 Å². The van der Waals surface area contributed by atoms with E-state index in [1.807, 2.05) is 0 Å². The quantitative estimate of drug-likeness (QED) is 0.772. The molecule has 0 aliphatic carbocycles. The van der Waals surface area contributed by atoms with Crippen molar-refractivity contribution in [2.75, 3.05) is 0 Å². The zero-order valence-corrected chi connectivity index (χ0v) is 7.90. The lowest BCUT2D eigenvalue weighted by Gasteiger charge is -1.96. The van der Waals surface area contributed by atoms with Gasteiger partial charge in [-0.1, -0.05) is 12.1 Å². The molecule has 0 spiro atoms. The number of phenols is 1. The first kappa shape index (κ1) is 9.02. The standard InChI is InChI=1S/C9H7ClN2O2/c10-5-8-11-12-9(14-8)6-3-1-2-4-7(6)13/h1-4,13H,5H2. The number of aromatic hydroxyl groups is 1. The summed E-state index contributed by atoms with van der Waals surface area (Å²) < 4.78 is 5.19. The number of halogens is 1. The summed E-state index contributed by atoms with van der Waals surface area (Å²) in [5, 5.41) is 16.9. The molecule has 0 aliphatic rings. The SMILES string of the molecule is Oc1ccccc1-c1nnc(CCl)o1. The Bertz CT molecular complexity index is 442. The molecule has 0 aliphatic heterocycles. The van der Waals surface area contributed by atoms with E-state index in [9.17, 15) is 5.11 Å². The second kappa shape index (κ2) is 3.67. The highest BCUT2D eigenvalue weighted by Crippen LogP contribution is 2.27. The average molecular weight is 211 g/mol. The van der Waals surface area contributed by atoms with Crippen LogP contribution in [0.5, 0.6) is 5.75 Å². The van der Waals surface area contributed by atoms with E-state index in [4.69, 9.17) is 16.0 Å². The second-order valence-corrected chi connectivity index (χ2v) is 2.92. The summed E-state index contributed by atoms with van der Waals surface area (Å²) in [5.41, 5.74) is 0.511. The first-order valence-electron chi connectivity index (χ1n) is 3.98. The van der Waals surface area contributed by atoms with Crippen LogP contribution >= 0.6 is 11.6 Å². The molecule has 1 aromatic carbocycles. The molecular weight excluding hydrogens is 204 g/mol. The average Bonchev–Trinajstić information content (AvgIpc) is 2.67. The maximum atomic E-state index is 9.49. The maximum absolute atomic E-state index is 9.49. The number of para-hydroxylation sites is 1. The Balaban J connectivity index is 2.44. The summed E-state index contributed by atoms with van der Waals surface area (Å²) in [6.45, 7) is 0. The number of rotatable bonds is 2. The van der Waals surface area contributed by atoms with Crippen LogP contribution in [-0.4, -0.2) is 15.3 Å². The molecule has 1 N–H and O–H groups in total. The maximum Gasteiger partial charge on any atom is 0.251 e. The minimum atomic E-state index is 0.109. The lowest BCUT2D eigenvalue weighted by atomic mass is 10.2. The van der Waals surface area contributed by atoms with E-state index in [2.05, 4.69) is 10.2 Å². The Morgan fingerprint density at radius 2 is 2.07 bits per heavy atom. The van der Waals surface area contributed by atoms with Crippen molar-refractivity contribution in [2.24, 2.45) is 0 Å². The molecule has 1 aromatic heterocycles. The second-order valence-electron chi connectivity index (χ2n) is 2.65. The Morgan fingerprint density at radius 3 is 2.71 bits per heavy atom. The summed E-state index contributed by atoms with van der Waals surface area (Å²) in [6, 6.07) is 6.75. The predicted octanol–water partition coefficient (Wildman–Crippen LogP) is 2.18. The van der Waals surface area contributed by atoms with Gasteiger partial charge in [-0.25, -0.2) is 0 Å². The van der Waals surface area contributed by atoms with E-state index in [-0.39, 0.29) is 17.5 Å². The number of aromatic nitrogens is 2. The first-order valence-corrected chi connectivity index (χ1v) is 4.51. The van der Waals surface area contributed by atoms with E-state index >= 15 is 0 Å². The zero-order valence-electron chi connectivity index (χ0n) is 7.14. The van der Waals surface area contributed by atoms with Gasteiger partial charge in [0, 0.05) is 0 Å². The number of nitrogens with zero attached hydrogens (tertiary/aromatic N) is 2. The topological polar surface area (TPSA) is 59.2 Å². The molecule has 0 atom stereocenters. The van der Waals surface area contributed by atoms with Gasteiger partial charge in [-0.15, -0.1) is 21.8 Å². The van der Waals surface area contributed by atoms with Crippen LogP contribution in [0.15, 0.2) is 28.7 Å². The fourth-order valence-electron chi connectivity index (χ4n) is 1.07. The van der Waals surface area contributed by atoms with E-state index in [1.165, 1.54) is 0 Å². The minimum absolute atomic E-state index is 0.109. The largest absolute Gasteiger partial charge is 0.507 e. The molecule has 0 saturated carbocycles. The van der Waals surface area contributed by atoms with Gasteiger partial charge in [-0.05, 0) is 12.1 Å². The zero-order chi connectivity index (χ0) is 9.97. The van der Waals surface area contributed by atoms with Crippen LogP contribution in [0.3, 0.4) is 0 Å². The normalized spacial score (nSPS) is 10.4. The molecule has 5 heteroatoms. The highest BCUT2D eigenvalue weighted by atomic mass is 35.5. The van der Waals surface area contributed by atoms with Crippen molar-refractivity contribution in [3.05, 3.63) is 30.2 Å². The molecule has 0 unspecified atom stereocenters. The van der Waals surface area contributed by atoms with Crippen LogP contribution in [0.1, 0.15) is 5.89 Å². The van der Waals surface area contributed by atoms with Crippen molar-refractivity contribution in [2.45, 2.75) is 5.88 Å². The van der Waals surface area contributed by atoms with Crippen molar-refractivity contribution >= 4 is 11.6 Å². The van der Waals surface area contributed by atoms with Gasteiger partial charge in [-0.3, -0.25) is 0 Å². The van der Waals surface area contributed by atoms with E-state index in [0.29, 0.717) is 11.5 Å². The molecule has 0 saturated heterocycles. The third-order valence-electron chi connectivity index (χ3n) is 1.72. The van der Waals surface area contributed by atoms with Gasteiger partial charge in [0.25, 0.3) is 5.89 Å². The van der Waals surface area contributed by atoms with Crippen LogP contribution < -0.4 is 0 Å². The predicted molar refractivity (Wildman–Crippen MR) is 51.0 cm³/mol. The summed E-state index contributed by atoms with van der Waals surface area (Å²) in [4.78, 5) is 0. The lowest BCUT2D eigenvalue weighted by Crippen LogP contribution is -1.78. The Hall–Kier alpha value is -1.55. The number of alkyl halides is 1. The Kier molecular flexibility index (Phi) is 2.37. The van der Waals surface area contributed by atoms with Gasteiger partial charge in [0.05, 0.1) is 5.56 Å². The van der Waals surface area contributed by atoms with Gasteiger partial charge in [0.15, 0.2) is 0 Å². The highest BCUT2D eigenvalue weighted by Gasteiger charge is 2.10. The van der Waals surface area contributed by atoms with E-state index < -0.39 is 0 Å². The molecular formula is C9H7ClN2O2. The molecule has 1 heterocycles. The van der Waals surface area contributed by atoms with Crippen LogP contribution in [-0.2, 0) is 5.88 Å². The van der Waals surface area contributed by atoms with Crippen LogP contribution in [0.25, 0.3) is 11.5 Å². The summed E-state index contributed by atoms with van der Waals surface area (Å²) in [7, 11) is 0. The van der Waals surface area contributed by atoms with E-state index in [1.54, 1.807) is 24.3 Å². The fraction of sp³-hybridized carbons (Fsp3) is 0.111. The number of hydrogen-bond donors (Lipinski definition) is 1. The molecule has 0 amide bonds. The molecule has 2 aromatic rings. The third kappa shape index (κ3) is 1.56. The fourth-order valence-corrected chi connectivity index (χ4v) is 1.18. The van der Waals surface area contributed by atoms with Crippen LogP contribution in [0.2, 0.25) is 0 Å². The van der Waals surface area contributed by atoms with Crippen molar-refractivity contribution in [3.8, 4) is 17.2 Å². The van der Waals surface area contributed by atoms with Crippen molar-refractivity contribution < 1.29 is 9.52 Å². The summed E-state index contributed by atoms with van der Waals surface area (Å²) in [5.74, 6) is 0.890. The van der Waals surface area contributed by atoms with Crippen molar-refractivity contribution in [3.63, 3.8) is 0 Å². The Labute approximate surface area is 85.2 Å². The highest BCUT2D eigenvalue weighted by molar-refractivity contribution is 6.16. The molecule has 72 valence electrons. The molecule has 4 nitrogen and oxygen atoms in total. The van der Waals surface area contributed by atoms with Gasteiger partial charge < -0.3 is 9.52 Å². The van der Waals surface area contributed by atoms with Crippen molar-refractivity contribution in [1.82, 2.24) is 10.2 Å². The summed E-state index contributed by atoms with van der Waals surface area (Å²) in [6.07, 6.45) is 0. The molecule has 14 heavy (non-hydrogen) atoms. The van der Waals surface area contributed by atoms with Gasteiger partial charge in [0.1, 0.15) is 11.6 Å². The first-order chi connectivity index (χ1) is 6.81. The smallest absolute Gasteiger partial charge is 0.251 e. The number of hydrogen-bond acceptors (Lipinski definition) is 4. The monoisotopic (exact) mass is 210 g/mol. The lowest BCUT2D eigenvalue weighted by molar-refractivity contribution is 0.470. The van der Waals surface area contributed by atoms with Gasteiger partial charge in [-0.2, -0.15) is 0 Å². The molecule has 0 fully saturated rings. The van der Waals surface area contributed by atoms with E-state index in [0.717, 1.165) is 0 Å². The molecule has 0 bridgehead atoms.